The molecule has 0 amide bonds. The van der Waals surface area contributed by atoms with Gasteiger partial charge in [-0.3, -0.25) is 23.7 Å². The van der Waals surface area contributed by atoms with Crippen LogP contribution in [-0.2, 0) is 28.8 Å². The number of H-pyrrole nitrogens is 1. The first-order valence-corrected chi connectivity index (χ1v) is 15.9. The highest BCUT2D eigenvalue weighted by Crippen LogP contribution is 2.30. The minimum Gasteiger partial charge on any atom is -0.371 e. The number of ketones is 1. The van der Waals surface area contributed by atoms with E-state index in [1.165, 1.54) is 0 Å². The molecule has 2 aromatic heterocycles. The summed E-state index contributed by atoms with van der Waals surface area (Å²) in [6, 6.07) is 15.8. The van der Waals surface area contributed by atoms with Gasteiger partial charge in [-0.2, -0.15) is 0 Å². The summed E-state index contributed by atoms with van der Waals surface area (Å²) in [5.74, 6) is 0.852. The van der Waals surface area contributed by atoms with Gasteiger partial charge in [0.05, 0.1) is 17.9 Å². The van der Waals surface area contributed by atoms with Crippen LogP contribution in [0.15, 0.2) is 80.9 Å². The maximum atomic E-state index is 14.2. The number of carbonyl (C=O) groups excluding carboxylic acids is 1. The Kier molecular flexibility index (Phi) is 9.16. The first kappa shape index (κ1) is 30.4. The van der Waals surface area contributed by atoms with Gasteiger partial charge >= 0.3 is 5.76 Å². The molecule has 45 heavy (non-hydrogen) atoms. The van der Waals surface area contributed by atoms with E-state index < -0.39 is 5.76 Å². The average Bonchev–Trinajstić information content (AvgIpc) is 3.50. The van der Waals surface area contributed by atoms with E-state index in [0.717, 1.165) is 65.2 Å². The molecule has 1 unspecified atom stereocenters. The van der Waals surface area contributed by atoms with Crippen LogP contribution in [0.4, 0.5) is 0 Å². The Morgan fingerprint density at radius 2 is 1.76 bits per heavy atom. The van der Waals surface area contributed by atoms with Gasteiger partial charge in [0.15, 0.2) is 5.82 Å². The number of carbonyl (C=O) groups is 1. The lowest BCUT2D eigenvalue weighted by Crippen LogP contribution is -2.31. The molecule has 2 aromatic carbocycles. The second-order valence-corrected chi connectivity index (χ2v) is 11.7. The Hall–Kier alpha value is -4.63. The molecule has 232 valence electrons. The first-order chi connectivity index (χ1) is 21.9. The highest BCUT2D eigenvalue weighted by Gasteiger charge is 2.24. The van der Waals surface area contributed by atoms with Crippen molar-refractivity contribution >= 4 is 11.5 Å². The van der Waals surface area contributed by atoms with Gasteiger partial charge in [-0.1, -0.05) is 86.1 Å². The van der Waals surface area contributed by atoms with Gasteiger partial charge < -0.3 is 4.74 Å². The van der Waals surface area contributed by atoms with E-state index >= 15 is 0 Å². The molecule has 0 radical (unpaired) electrons. The topological polar surface area (TPSA) is 120 Å². The molecule has 9 nitrogen and oxygen atoms in total. The second-order valence-electron chi connectivity index (χ2n) is 11.7. The van der Waals surface area contributed by atoms with Gasteiger partial charge in [-0.05, 0) is 48.4 Å². The summed E-state index contributed by atoms with van der Waals surface area (Å²) >= 11 is 0. The van der Waals surface area contributed by atoms with Crippen molar-refractivity contribution in [2.24, 2.45) is 0 Å². The number of aryl methyl sites for hydroxylation is 2. The van der Waals surface area contributed by atoms with E-state index in [2.05, 4.69) is 23.1 Å². The first-order valence-electron chi connectivity index (χ1n) is 15.9. The number of allylic oxidation sites excluding steroid dienone is 2. The van der Waals surface area contributed by atoms with E-state index in [1.807, 2.05) is 67.6 Å². The molecule has 1 N–H and O–H groups in total. The fourth-order valence-electron chi connectivity index (χ4n) is 6.22. The molecular weight excluding hydrogens is 568 g/mol. The number of nitrogens with one attached hydrogen (secondary N) is 1. The van der Waals surface area contributed by atoms with Gasteiger partial charge in [0.1, 0.15) is 11.6 Å². The summed E-state index contributed by atoms with van der Waals surface area (Å²) in [6.07, 6.45) is 12.3. The molecule has 2 heterocycles. The maximum Gasteiger partial charge on any atom is 0.439 e. The number of nitrogens with zero attached hydrogens (tertiary/aromatic N) is 3. The fourth-order valence-corrected chi connectivity index (χ4v) is 6.22. The molecule has 4 aromatic rings. The van der Waals surface area contributed by atoms with Crippen LogP contribution in [0.5, 0.6) is 0 Å². The molecule has 1 fully saturated rings. The second kappa shape index (κ2) is 13.6. The van der Waals surface area contributed by atoms with E-state index in [4.69, 9.17) is 14.2 Å². The molecule has 1 atom stereocenters. The van der Waals surface area contributed by atoms with Crippen molar-refractivity contribution < 1.29 is 14.1 Å². The summed E-state index contributed by atoms with van der Waals surface area (Å²) in [5.41, 5.74) is 5.99. The minimum absolute atomic E-state index is 0.0317. The van der Waals surface area contributed by atoms with E-state index in [9.17, 15) is 14.4 Å². The van der Waals surface area contributed by atoms with Crippen LogP contribution in [0.2, 0.25) is 0 Å². The van der Waals surface area contributed by atoms with E-state index in [0.29, 0.717) is 49.3 Å². The third-order valence-electron chi connectivity index (χ3n) is 8.56. The number of aromatic amines is 1. The summed E-state index contributed by atoms with van der Waals surface area (Å²) in [5, 5.41) is 3.86. The van der Waals surface area contributed by atoms with Gasteiger partial charge in [-0.15, -0.1) is 0 Å². The third kappa shape index (κ3) is 6.73. The minimum atomic E-state index is -0.600. The largest absolute Gasteiger partial charge is 0.439 e. The molecule has 2 aliphatic carbocycles. The molecule has 6 rings (SSSR count). The normalized spacial score (nSPS) is 17.1. The Bertz CT molecular complexity index is 1850. The summed E-state index contributed by atoms with van der Waals surface area (Å²) in [6.45, 7) is 4.13. The Balaban J connectivity index is 1.26. The van der Waals surface area contributed by atoms with Crippen molar-refractivity contribution in [1.82, 2.24) is 19.7 Å². The summed E-state index contributed by atoms with van der Waals surface area (Å²) in [7, 11) is 0. The van der Waals surface area contributed by atoms with Crippen molar-refractivity contribution in [3.05, 3.63) is 110 Å². The predicted octanol–water partition coefficient (Wildman–Crippen LogP) is 6.06. The molecule has 0 saturated heterocycles. The molecule has 0 aliphatic heterocycles. The zero-order valence-electron chi connectivity index (χ0n) is 25.8. The van der Waals surface area contributed by atoms with Gasteiger partial charge in [0.25, 0.3) is 5.56 Å². The van der Waals surface area contributed by atoms with Crippen molar-refractivity contribution in [1.29, 1.82) is 0 Å². The molecule has 9 heteroatoms. The molecule has 0 bridgehead atoms. The number of aromatic nitrogens is 4. The maximum absolute atomic E-state index is 14.2. The van der Waals surface area contributed by atoms with E-state index in [1.54, 1.807) is 4.57 Å². The van der Waals surface area contributed by atoms with Crippen LogP contribution in [0.25, 0.3) is 28.2 Å². The van der Waals surface area contributed by atoms with Crippen molar-refractivity contribution in [2.75, 3.05) is 0 Å². The molecule has 1 saturated carbocycles. The summed E-state index contributed by atoms with van der Waals surface area (Å²) < 4.78 is 12.8. The number of hydrogen-bond acceptors (Lipinski definition) is 7. The number of hydrogen-bond donors (Lipinski definition) is 1. The Morgan fingerprint density at radius 1 is 1.00 bits per heavy atom. The highest BCUT2D eigenvalue weighted by molar-refractivity contribution is 5.80. The van der Waals surface area contributed by atoms with Gasteiger partial charge in [0, 0.05) is 42.5 Å². The Morgan fingerprint density at radius 3 is 2.40 bits per heavy atom. The monoisotopic (exact) mass is 606 g/mol. The van der Waals surface area contributed by atoms with Crippen molar-refractivity contribution in [2.45, 2.75) is 83.8 Å². The van der Waals surface area contributed by atoms with Crippen LogP contribution >= 0.6 is 0 Å². The lowest BCUT2D eigenvalue weighted by atomic mass is 9.96. The van der Waals surface area contributed by atoms with Crippen LogP contribution < -0.4 is 11.3 Å². The predicted molar refractivity (Wildman–Crippen MR) is 173 cm³/mol. The molecular formula is C36H38N4O5. The quantitative estimate of drug-likeness (QED) is 0.233. The lowest BCUT2D eigenvalue weighted by molar-refractivity contribution is -0.123. The Labute approximate surface area is 261 Å². The number of Topliss-reactive ketones (excluding diaryl/α,β-unsaturated/α-hetero) is 1. The summed E-state index contributed by atoms with van der Waals surface area (Å²) in [4.78, 5) is 45.0. The zero-order chi connectivity index (χ0) is 31.3. The van der Waals surface area contributed by atoms with Crippen LogP contribution in [0, 0.1) is 0 Å². The van der Waals surface area contributed by atoms with Gasteiger partial charge in [-0.25, -0.2) is 9.78 Å². The average molecular weight is 607 g/mol. The molecule has 0 spiro atoms. The van der Waals surface area contributed by atoms with Crippen molar-refractivity contribution in [3.63, 3.8) is 0 Å². The lowest BCUT2D eigenvalue weighted by Gasteiger charge is -2.27. The smallest absolute Gasteiger partial charge is 0.371 e. The van der Waals surface area contributed by atoms with Crippen molar-refractivity contribution in [3.8, 4) is 22.5 Å². The van der Waals surface area contributed by atoms with Crippen LogP contribution in [0.3, 0.4) is 0 Å². The number of rotatable bonds is 10. The SMILES string of the molecule is CCCc1nc(CC)n(C2=CCC(OC3CCC(=O)CC3)C=C2)c(=O)c1Cc1ccc(-c2ccccc2-c2noc(=O)[nH]2)cc1. The fraction of sp³-hybridized carbons (Fsp3) is 0.361. The molecule has 2 aliphatic rings. The van der Waals surface area contributed by atoms with E-state index in [-0.39, 0.29) is 17.8 Å². The number of ether oxygens (including phenoxy) is 1. The number of benzene rings is 2. The van der Waals surface area contributed by atoms with Gasteiger partial charge in [0.2, 0.25) is 0 Å². The zero-order valence-corrected chi connectivity index (χ0v) is 25.8. The van der Waals surface area contributed by atoms with Crippen LogP contribution in [-0.4, -0.2) is 37.7 Å². The highest BCUT2D eigenvalue weighted by atomic mass is 16.5. The standard InChI is InChI=1S/C36H38N4O5/c1-3-7-32-31(22-23-10-12-24(13-11-23)29-8-5-6-9-30(29)34-38-36(43)45-39-34)35(42)40(33(4-2)37-32)25-14-18-27(19-15-25)44-28-20-16-26(41)17-21-28/h5-6,8-15,18,27-28H,3-4,7,16-17,19-22H2,1-2H3,(H,38,39,43). The third-order valence-corrected chi connectivity index (χ3v) is 8.56. The van der Waals surface area contributed by atoms with Crippen LogP contribution in [0.1, 0.15) is 75.0 Å².